The second-order valence-corrected chi connectivity index (χ2v) is 10.8. The van der Waals surface area contributed by atoms with Crippen LogP contribution < -0.4 is 5.32 Å². The van der Waals surface area contributed by atoms with Crippen molar-refractivity contribution in [2.24, 2.45) is 0 Å². The minimum absolute atomic E-state index is 0.492. The first kappa shape index (κ1) is 17.9. The summed E-state index contributed by atoms with van der Waals surface area (Å²) in [5.41, 5.74) is 0. The van der Waals surface area contributed by atoms with E-state index in [-0.39, 0.29) is 0 Å². The Bertz CT molecular complexity index is 267. The van der Waals surface area contributed by atoms with Gasteiger partial charge < -0.3 is 5.32 Å². The molecule has 0 aromatic heterocycles. The van der Waals surface area contributed by atoms with Crippen LogP contribution in [0, 0.1) is 0 Å². The zero-order chi connectivity index (χ0) is 14.9. The first-order valence-electron chi connectivity index (χ1n) is 8.46. The van der Waals surface area contributed by atoms with Gasteiger partial charge in [-0.1, -0.05) is 0 Å². The molecular formula is C16H33IN2O2. The van der Waals surface area contributed by atoms with Gasteiger partial charge in [0.05, 0.1) is 0 Å². The van der Waals surface area contributed by atoms with Gasteiger partial charge in [-0.15, -0.1) is 0 Å². The number of unbranched alkanes of at least 4 members (excludes halogenated alkanes) is 3. The summed E-state index contributed by atoms with van der Waals surface area (Å²) < 4.78 is 11.8. The topological polar surface area (TPSA) is 33.7 Å². The van der Waals surface area contributed by atoms with E-state index >= 15 is 0 Å². The maximum atomic E-state index is 5.91. The molecule has 0 amide bonds. The van der Waals surface area contributed by atoms with E-state index in [2.05, 4.69) is 20.1 Å². The van der Waals surface area contributed by atoms with E-state index in [1.807, 2.05) is 0 Å². The first-order valence-corrected chi connectivity index (χ1v) is 13.7. The van der Waals surface area contributed by atoms with Crippen LogP contribution in [-0.4, -0.2) is 66.3 Å². The fraction of sp³-hybridized carbons (Fsp3) is 1.00. The Morgan fingerprint density at radius 2 is 1.71 bits per heavy atom. The number of halogens is 1. The molecule has 2 fully saturated rings. The maximum absolute atomic E-state index is 5.91. The van der Waals surface area contributed by atoms with Gasteiger partial charge in [-0.3, -0.25) is 0 Å². The van der Waals surface area contributed by atoms with Crippen molar-refractivity contribution in [3.8, 4) is 0 Å². The third kappa shape index (κ3) is 7.59. The van der Waals surface area contributed by atoms with Crippen molar-refractivity contribution in [3.05, 3.63) is 0 Å². The molecule has 2 rings (SSSR count). The summed E-state index contributed by atoms with van der Waals surface area (Å²) >= 11 is -0.998. The number of ether oxygens (including phenoxy) is 1. The van der Waals surface area contributed by atoms with E-state index in [1.165, 1.54) is 58.4 Å². The van der Waals surface area contributed by atoms with Gasteiger partial charge in [0, 0.05) is 26.2 Å². The number of piperazine rings is 1. The number of nitrogens with one attached hydrogen (secondary N) is 1. The van der Waals surface area contributed by atoms with Crippen molar-refractivity contribution in [1.29, 1.82) is 0 Å². The Hall–Kier alpha value is 0.570. The predicted molar refractivity (Wildman–Crippen MR) is 97.5 cm³/mol. The van der Waals surface area contributed by atoms with E-state index in [0.717, 1.165) is 19.4 Å². The average molecular weight is 412 g/mol. The van der Waals surface area contributed by atoms with E-state index in [4.69, 9.17) is 7.80 Å². The molecule has 1 saturated carbocycles. The van der Waals surface area contributed by atoms with Crippen LogP contribution in [-0.2, 0) is 7.80 Å². The summed E-state index contributed by atoms with van der Waals surface area (Å²) in [7, 11) is 0. The van der Waals surface area contributed by atoms with E-state index in [1.54, 1.807) is 0 Å². The third-order valence-electron chi connectivity index (χ3n) is 4.29. The van der Waals surface area contributed by atoms with Gasteiger partial charge in [-0.2, -0.15) is 0 Å². The molecule has 1 heterocycles. The molecule has 4 nitrogen and oxygen atoms in total. The molecule has 1 saturated heterocycles. The molecule has 1 aliphatic heterocycles. The summed E-state index contributed by atoms with van der Waals surface area (Å²) in [6.45, 7) is 7.02. The van der Waals surface area contributed by atoms with Gasteiger partial charge in [0.25, 0.3) is 0 Å². The molecule has 0 aromatic rings. The molecule has 0 aromatic carbocycles. The normalized spacial score (nSPS) is 27.4. The number of nitrogens with zero attached hydrogens (tertiary/aromatic N) is 1. The number of hydrogen-bond acceptors (Lipinski definition) is 4. The van der Waals surface area contributed by atoms with Crippen LogP contribution in [0.15, 0.2) is 0 Å². The Kier molecular flexibility index (Phi) is 8.84. The molecule has 1 N–H and O–H groups in total. The summed E-state index contributed by atoms with van der Waals surface area (Å²) in [5.74, 6) is 0. The van der Waals surface area contributed by atoms with Crippen molar-refractivity contribution >= 4 is 20.2 Å². The van der Waals surface area contributed by atoms with Gasteiger partial charge in [-0.25, -0.2) is 0 Å². The quantitative estimate of drug-likeness (QED) is 0.340. The zero-order valence-corrected chi connectivity index (χ0v) is 15.9. The summed E-state index contributed by atoms with van der Waals surface area (Å²) in [6.07, 6.45) is 8.53. The second-order valence-electron chi connectivity index (χ2n) is 6.37. The summed E-state index contributed by atoms with van der Waals surface area (Å²) in [4.78, 5) is 7.11. The molecule has 1 aliphatic carbocycles. The molecule has 0 radical (unpaired) electrons. The van der Waals surface area contributed by atoms with Gasteiger partial charge >= 0.3 is 107 Å². The van der Waals surface area contributed by atoms with Crippen molar-refractivity contribution in [1.82, 2.24) is 10.2 Å². The van der Waals surface area contributed by atoms with Crippen molar-refractivity contribution < 1.29 is 7.80 Å². The molecule has 21 heavy (non-hydrogen) atoms. The molecule has 0 spiro atoms. The zero-order valence-electron chi connectivity index (χ0n) is 13.8. The number of hydrogen-bond donors (Lipinski definition) is 1. The molecule has 0 atom stereocenters. The van der Waals surface area contributed by atoms with Crippen LogP contribution in [0.5, 0.6) is 0 Å². The summed E-state index contributed by atoms with van der Waals surface area (Å²) in [6, 6.07) is 0. The molecule has 0 bridgehead atoms. The number of alkyl halides is 2. The molecule has 5 heteroatoms. The molecule has 0 unspecified atom stereocenters. The fourth-order valence-corrected chi connectivity index (χ4v) is 4.81. The third-order valence-corrected chi connectivity index (χ3v) is 6.02. The van der Waals surface area contributed by atoms with E-state index < -0.39 is 20.2 Å². The monoisotopic (exact) mass is 412 g/mol. The summed E-state index contributed by atoms with van der Waals surface area (Å²) in [5, 5.41) is 3.40. The Morgan fingerprint density at radius 1 is 1.00 bits per heavy atom. The van der Waals surface area contributed by atoms with Gasteiger partial charge in [0.2, 0.25) is 0 Å². The van der Waals surface area contributed by atoms with Crippen molar-refractivity contribution in [2.45, 2.75) is 50.7 Å². The molecule has 126 valence electrons. The standard InChI is InChI=1S/C16H33IN2O2/c1-17(2)21-16-13-15(14-16)20-12-6-4-3-5-9-19-10-7-18-8-11-19/h15-16,18H,3-14H2,1-2H3. The van der Waals surface area contributed by atoms with Crippen molar-refractivity contribution in [3.63, 3.8) is 0 Å². The predicted octanol–water partition coefficient (Wildman–Crippen LogP) is 2.70. The van der Waals surface area contributed by atoms with Gasteiger partial charge in [0.15, 0.2) is 0 Å². The van der Waals surface area contributed by atoms with E-state index in [9.17, 15) is 0 Å². The molecular weight excluding hydrogens is 379 g/mol. The first-order chi connectivity index (χ1) is 10.2. The van der Waals surface area contributed by atoms with Gasteiger partial charge in [-0.05, 0) is 0 Å². The van der Waals surface area contributed by atoms with Crippen LogP contribution in [0.1, 0.15) is 38.5 Å². The Labute approximate surface area is 138 Å². The van der Waals surface area contributed by atoms with Crippen LogP contribution >= 0.6 is 20.2 Å². The van der Waals surface area contributed by atoms with Crippen LogP contribution in [0.4, 0.5) is 0 Å². The average Bonchev–Trinajstić information content (AvgIpc) is 2.44. The van der Waals surface area contributed by atoms with E-state index in [0.29, 0.717) is 12.2 Å². The Balaban J connectivity index is 1.33. The van der Waals surface area contributed by atoms with Crippen LogP contribution in [0.3, 0.4) is 0 Å². The molecule has 2 aliphatic rings. The number of rotatable bonds is 10. The van der Waals surface area contributed by atoms with Crippen molar-refractivity contribution in [2.75, 3.05) is 49.2 Å². The minimum atomic E-state index is -0.998. The SMILES string of the molecule is CI(C)OC1CC(OCCCCCCN2CCNCC2)C1. The van der Waals surface area contributed by atoms with Crippen LogP contribution in [0.2, 0.25) is 0 Å². The fourth-order valence-electron chi connectivity index (χ4n) is 2.95. The van der Waals surface area contributed by atoms with Gasteiger partial charge in [0.1, 0.15) is 0 Å². The van der Waals surface area contributed by atoms with Crippen LogP contribution in [0.25, 0.3) is 0 Å². The Morgan fingerprint density at radius 3 is 2.43 bits per heavy atom. The second kappa shape index (κ2) is 10.4.